The molecule has 0 aliphatic rings. The van der Waals surface area contributed by atoms with E-state index in [4.69, 9.17) is 10.2 Å². The zero-order chi connectivity index (χ0) is 12.3. The van der Waals surface area contributed by atoms with Gasteiger partial charge >= 0.3 is 5.97 Å². The Morgan fingerprint density at radius 3 is 2.53 bits per heavy atom. The molecule has 0 bridgehead atoms. The number of phenols is 1. The summed E-state index contributed by atoms with van der Waals surface area (Å²) in [6, 6.07) is 7.54. The fraction of sp³-hybridized carbons (Fsp3) is 0. The maximum atomic E-state index is 10.9. The van der Waals surface area contributed by atoms with Crippen LogP contribution < -0.4 is 5.32 Å². The van der Waals surface area contributed by atoms with E-state index in [1.807, 2.05) is 0 Å². The highest BCUT2D eigenvalue weighted by molar-refractivity contribution is 5.93. The van der Waals surface area contributed by atoms with Crippen molar-refractivity contribution in [3.8, 4) is 5.75 Å². The van der Waals surface area contributed by atoms with Gasteiger partial charge in [0, 0.05) is 5.69 Å². The Bertz CT molecular complexity index is 540. The van der Waals surface area contributed by atoms with E-state index < -0.39 is 5.97 Å². The number of nitrogens with one attached hydrogen (secondary N) is 1. The van der Waals surface area contributed by atoms with Gasteiger partial charge in [-0.25, -0.2) is 4.79 Å². The molecule has 1 aromatic heterocycles. The van der Waals surface area contributed by atoms with Crippen molar-refractivity contribution >= 4 is 17.5 Å². The number of aromatic nitrogens is 2. The van der Waals surface area contributed by atoms with Gasteiger partial charge in [-0.15, -0.1) is 5.10 Å². The van der Waals surface area contributed by atoms with Crippen LogP contribution in [0.3, 0.4) is 0 Å². The minimum absolute atomic E-state index is 0.0353. The fourth-order valence-corrected chi connectivity index (χ4v) is 1.28. The molecule has 86 valence electrons. The van der Waals surface area contributed by atoms with Crippen molar-refractivity contribution < 1.29 is 15.0 Å². The summed E-state index contributed by atoms with van der Waals surface area (Å²) in [6.45, 7) is 0. The van der Waals surface area contributed by atoms with Gasteiger partial charge in [0.25, 0.3) is 0 Å². The van der Waals surface area contributed by atoms with Crippen LogP contribution >= 0.6 is 0 Å². The molecule has 17 heavy (non-hydrogen) atoms. The second-order valence-corrected chi connectivity index (χ2v) is 3.27. The lowest BCUT2D eigenvalue weighted by Crippen LogP contribution is -2.05. The third-order valence-electron chi connectivity index (χ3n) is 2.08. The molecule has 2 aromatic rings. The van der Waals surface area contributed by atoms with Crippen LogP contribution in [0.4, 0.5) is 11.5 Å². The number of nitrogens with zero attached hydrogens (tertiary/aromatic N) is 2. The third kappa shape index (κ3) is 2.49. The van der Waals surface area contributed by atoms with E-state index in [9.17, 15) is 4.79 Å². The first-order chi connectivity index (χ1) is 8.16. The Morgan fingerprint density at radius 1 is 1.18 bits per heavy atom. The van der Waals surface area contributed by atoms with E-state index in [0.717, 1.165) is 0 Å². The summed E-state index contributed by atoms with van der Waals surface area (Å²) in [5.74, 6) is -0.792. The molecule has 0 spiro atoms. The lowest BCUT2D eigenvalue weighted by molar-refractivity contribution is 0.0697. The van der Waals surface area contributed by atoms with Crippen LogP contribution in [0.2, 0.25) is 0 Å². The first-order valence-corrected chi connectivity index (χ1v) is 4.78. The van der Waals surface area contributed by atoms with E-state index in [1.165, 1.54) is 24.4 Å². The van der Waals surface area contributed by atoms with Crippen molar-refractivity contribution in [2.75, 3.05) is 5.32 Å². The topological polar surface area (TPSA) is 95.3 Å². The van der Waals surface area contributed by atoms with Gasteiger partial charge in [-0.3, -0.25) is 0 Å². The normalized spacial score (nSPS) is 9.88. The van der Waals surface area contributed by atoms with Crippen molar-refractivity contribution in [2.24, 2.45) is 0 Å². The number of hydrogen-bond donors (Lipinski definition) is 3. The van der Waals surface area contributed by atoms with E-state index >= 15 is 0 Å². The van der Waals surface area contributed by atoms with Crippen molar-refractivity contribution in [2.45, 2.75) is 0 Å². The zero-order valence-corrected chi connectivity index (χ0v) is 8.66. The average Bonchev–Trinajstić information content (AvgIpc) is 2.32. The fourth-order valence-electron chi connectivity index (χ4n) is 1.28. The quantitative estimate of drug-likeness (QED) is 0.695. The number of phenolic OH excluding ortho intramolecular Hbond substituents is 1. The molecule has 0 saturated heterocycles. The van der Waals surface area contributed by atoms with E-state index in [1.54, 1.807) is 12.1 Å². The Balaban J connectivity index is 2.30. The van der Waals surface area contributed by atoms with Crippen LogP contribution in [0.1, 0.15) is 10.4 Å². The Hall–Kier alpha value is -2.63. The number of aromatic carboxylic acids is 1. The number of carboxylic acids is 1. The molecule has 6 nitrogen and oxygen atoms in total. The molecule has 0 aliphatic carbocycles. The lowest BCUT2D eigenvalue weighted by atomic mass is 10.2. The minimum Gasteiger partial charge on any atom is -0.508 e. The van der Waals surface area contributed by atoms with Gasteiger partial charge in [-0.2, -0.15) is 5.10 Å². The monoisotopic (exact) mass is 231 g/mol. The number of anilines is 2. The molecule has 0 radical (unpaired) electrons. The number of carboxylic acid groups (broad SMARTS) is 1. The third-order valence-corrected chi connectivity index (χ3v) is 2.08. The second-order valence-electron chi connectivity index (χ2n) is 3.27. The van der Waals surface area contributed by atoms with Gasteiger partial charge in [-0.05, 0) is 30.3 Å². The highest BCUT2D eigenvalue weighted by atomic mass is 16.4. The van der Waals surface area contributed by atoms with Crippen molar-refractivity contribution in [1.82, 2.24) is 10.2 Å². The molecule has 1 aromatic carbocycles. The van der Waals surface area contributed by atoms with Crippen molar-refractivity contribution in [3.05, 3.63) is 42.1 Å². The number of rotatable bonds is 3. The molecule has 0 amide bonds. The largest absolute Gasteiger partial charge is 0.508 e. The predicted octanol–water partition coefficient (Wildman–Crippen LogP) is 1.62. The standard InChI is InChI=1S/C11H9N3O3/c15-8-3-1-7(2-4-8)13-10-9(11(16)17)5-6-12-14-10/h1-6,15H,(H,13,14)(H,16,17). The zero-order valence-electron chi connectivity index (χ0n) is 8.66. The summed E-state index contributed by atoms with van der Waals surface area (Å²) in [5, 5.41) is 28.2. The molecule has 6 heteroatoms. The van der Waals surface area contributed by atoms with Gasteiger partial charge in [-0.1, -0.05) is 0 Å². The molecular weight excluding hydrogens is 222 g/mol. The van der Waals surface area contributed by atoms with E-state index in [0.29, 0.717) is 5.69 Å². The molecule has 0 fully saturated rings. The van der Waals surface area contributed by atoms with Crippen LogP contribution in [0.15, 0.2) is 36.5 Å². The van der Waals surface area contributed by atoms with Gasteiger partial charge in [0.05, 0.1) is 6.20 Å². The molecule has 2 rings (SSSR count). The molecule has 0 atom stereocenters. The van der Waals surface area contributed by atoms with E-state index in [2.05, 4.69) is 15.5 Å². The molecule has 3 N–H and O–H groups in total. The first kappa shape index (κ1) is 10.9. The molecule has 0 saturated carbocycles. The summed E-state index contributed by atoms with van der Waals surface area (Å²) >= 11 is 0. The number of carbonyl (C=O) groups is 1. The van der Waals surface area contributed by atoms with Crippen LogP contribution in [0, 0.1) is 0 Å². The summed E-state index contributed by atoms with van der Waals surface area (Å²) < 4.78 is 0. The Kier molecular flexibility index (Phi) is 2.87. The SMILES string of the molecule is O=C(O)c1ccnnc1Nc1ccc(O)cc1. The highest BCUT2D eigenvalue weighted by Crippen LogP contribution is 2.19. The smallest absolute Gasteiger partial charge is 0.339 e. The lowest BCUT2D eigenvalue weighted by Gasteiger charge is -2.07. The van der Waals surface area contributed by atoms with Crippen LogP contribution in [0.5, 0.6) is 5.75 Å². The first-order valence-electron chi connectivity index (χ1n) is 4.78. The van der Waals surface area contributed by atoms with Gasteiger partial charge in [0.2, 0.25) is 0 Å². The van der Waals surface area contributed by atoms with E-state index in [-0.39, 0.29) is 17.1 Å². The maximum absolute atomic E-state index is 10.9. The van der Waals surface area contributed by atoms with Crippen LogP contribution in [-0.2, 0) is 0 Å². The maximum Gasteiger partial charge on any atom is 0.339 e. The number of hydrogen-bond acceptors (Lipinski definition) is 5. The van der Waals surface area contributed by atoms with Crippen molar-refractivity contribution in [1.29, 1.82) is 0 Å². The van der Waals surface area contributed by atoms with Crippen molar-refractivity contribution in [3.63, 3.8) is 0 Å². The molecule has 1 heterocycles. The number of aromatic hydroxyl groups is 1. The van der Waals surface area contributed by atoms with Gasteiger partial charge < -0.3 is 15.5 Å². The van der Waals surface area contributed by atoms with Gasteiger partial charge in [0.15, 0.2) is 5.82 Å². The number of benzene rings is 1. The highest BCUT2D eigenvalue weighted by Gasteiger charge is 2.11. The average molecular weight is 231 g/mol. The molecule has 0 aliphatic heterocycles. The second kappa shape index (κ2) is 4.48. The molecular formula is C11H9N3O3. The summed E-state index contributed by atoms with van der Waals surface area (Å²) in [5.41, 5.74) is 0.652. The van der Waals surface area contributed by atoms with Crippen LogP contribution in [0.25, 0.3) is 0 Å². The molecule has 0 unspecified atom stereocenters. The van der Waals surface area contributed by atoms with Gasteiger partial charge in [0.1, 0.15) is 11.3 Å². The minimum atomic E-state index is -1.08. The predicted molar refractivity (Wildman–Crippen MR) is 60.4 cm³/mol. The Morgan fingerprint density at radius 2 is 1.88 bits per heavy atom. The summed E-state index contributed by atoms with van der Waals surface area (Å²) in [4.78, 5) is 10.9. The Labute approximate surface area is 96.6 Å². The summed E-state index contributed by atoms with van der Waals surface area (Å²) in [6.07, 6.45) is 1.31. The van der Waals surface area contributed by atoms with Crippen LogP contribution in [-0.4, -0.2) is 26.4 Å². The summed E-state index contributed by atoms with van der Waals surface area (Å²) in [7, 11) is 0.